The number of amides is 1. The average Bonchev–Trinajstić information content (AvgIpc) is 3.58. The summed E-state index contributed by atoms with van der Waals surface area (Å²) in [6, 6.07) is 10.8. The topological polar surface area (TPSA) is 91.3 Å². The first-order valence-corrected chi connectivity index (χ1v) is 17.1. The normalized spacial score (nSPS) is 25.4. The number of phenols is 1. The van der Waals surface area contributed by atoms with E-state index in [0.29, 0.717) is 42.6 Å². The summed E-state index contributed by atoms with van der Waals surface area (Å²) in [6.45, 7) is 7.52. The summed E-state index contributed by atoms with van der Waals surface area (Å²) in [5.41, 5.74) is -1.37. The number of benzene rings is 3. The molecule has 6 heterocycles. The van der Waals surface area contributed by atoms with Crippen LogP contribution < -0.4 is 9.64 Å². The quantitative estimate of drug-likeness (QED) is 0.243. The number of anilines is 1. The molecule has 2 bridgehead atoms. The van der Waals surface area contributed by atoms with Gasteiger partial charge in [-0.3, -0.25) is 4.90 Å². The molecule has 4 aromatic rings. The van der Waals surface area contributed by atoms with Crippen molar-refractivity contribution in [2.75, 3.05) is 37.7 Å². The standard InChI is InChI=1S/C37H40F3N5O4/c1-36(2,3)49-35(47)45-19-23-9-10-24(45)18-44(23)33-28-15-29(39)30(27-14-25(46)13-21-7-4-5-8-26(21)27)31(40)32(28)41-34(42-33)48-20-37-11-6-12-43(37)17-22(38)16-37/h4-5,7-8,13-15,22-24,46H,6,9-12,16-20H2,1-3H3/t22-,23+,24?,37+/m1/s1. The van der Waals surface area contributed by atoms with Gasteiger partial charge in [-0.05, 0) is 87.5 Å². The average molecular weight is 676 g/mol. The van der Waals surface area contributed by atoms with E-state index in [1.807, 2.05) is 25.7 Å². The van der Waals surface area contributed by atoms with E-state index < -0.39 is 28.9 Å². The Balaban J connectivity index is 1.23. The van der Waals surface area contributed by atoms with E-state index in [-0.39, 0.29) is 58.6 Å². The van der Waals surface area contributed by atoms with Gasteiger partial charge in [0.1, 0.15) is 41.3 Å². The Morgan fingerprint density at radius 2 is 1.84 bits per heavy atom. The maximum atomic E-state index is 16.9. The molecule has 0 saturated carbocycles. The molecule has 1 unspecified atom stereocenters. The second kappa shape index (κ2) is 11.6. The molecule has 49 heavy (non-hydrogen) atoms. The number of ether oxygens (including phenoxy) is 2. The molecule has 4 atom stereocenters. The number of alkyl halides is 1. The zero-order valence-electron chi connectivity index (χ0n) is 27.9. The monoisotopic (exact) mass is 675 g/mol. The maximum absolute atomic E-state index is 16.9. The van der Waals surface area contributed by atoms with Crippen molar-refractivity contribution in [2.45, 2.75) is 82.3 Å². The van der Waals surface area contributed by atoms with Crippen molar-refractivity contribution in [3.63, 3.8) is 0 Å². The molecule has 0 radical (unpaired) electrons. The van der Waals surface area contributed by atoms with Gasteiger partial charge in [0.05, 0.1) is 17.1 Å². The molecule has 1 amide bonds. The predicted molar refractivity (Wildman–Crippen MR) is 180 cm³/mol. The van der Waals surface area contributed by atoms with Gasteiger partial charge in [-0.2, -0.15) is 9.97 Å². The van der Waals surface area contributed by atoms with Crippen molar-refractivity contribution in [3.05, 3.63) is 54.1 Å². The number of fused-ring (bicyclic) bond motifs is 6. The lowest BCUT2D eigenvalue weighted by molar-refractivity contribution is 0.000791. The maximum Gasteiger partial charge on any atom is 0.410 e. The number of hydrogen-bond acceptors (Lipinski definition) is 8. The van der Waals surface area contributed by atoms with Crippen LogP contribution in [0.1, 0.15) is 52.9 Å². The molecule has 5 aliphatic rings. The van der Waals surface area contributed by atoms with Gasteiger partial charge in [-0.1, -0.05) is 24.3 Å². The van der Waals surface area contributed by atoms with E-state index in [2.05, 4.69) is 9.88 Å². The zero-order chi connectivity index (χ0) is 34.2. The number of carbonyl (C=O) groups is 1. The van der Waals surface area contributed by atoms with E-state index in [9.17, 15) is 14.3 Å². The minimum Gasteiger partial charge on any atom is -0.508 e. The first-order chi connectivity index (χ1) is 23.4. The minimum atomic E-state index is -0.950. The number of piperidine rings is 2. The fraction of sp³-hybridized carbons (Fsp3) is 0.486. The predicted octanol–water partition coefficient (Wildman–Crippen LogP) is 6.98. The number of aromatic hydroxyl groups is 1. The lowest BCUT2D eigenvalue weighted by Crippen LogP contribution is -2.64. The summed E-state index contributed by atoms with van der Waals surface area (Å²) in [5.74, 6) is -1.53. The van der Waals surface area contributed by atoms with Crippen LogP contribution in [0.5, 0.6) is 11.8 Å². The number of aromatic nitrogens is 2. The van der Waals surface area contributed by atoms with Crippen LogP contribution in [-0.2, 0) is 4.74 Å². The van der Waals surface area contributed by atoms with E-state index in [1.165, 1.54) is 12.1 Å². The molecule has 0 aliphatic carbocycles. The Morgan fingerprint density at radius 1 is 1.04 bits per heavy atom. The van der Waals surface area contributed by atoms with E-state index >= 15 is 8.78 Å². The minimum absolute atomic E-state index is 0.0753. The van der Waals surface area contributed by atoms with Gasteiger partial charge in [0, 0.05) is 37.5 Å². The summed E-state index contributed by atoms with van der Waals surface area (Å²) in [4.78, 5) is 28.3. The van der Waals surface area contributed by atoms with Crippen molar-refractivity contribution in [3.8, 4) is 22.9 Å². The first kappa shape index (κ1) is 31.9. The Labute approximate surface area is 282 Å². The Bertz CT molecular complexity index is 1970. The van der Waals surface area contributed by atoms with Crippen LogP contribution >= 0.6 is 0 Å². The van der Waals surface area contributed by atoms with Crippen molar-refractivity contribution < 1.29 is 32.5 Å². The molecule has 3 aromatic carbocycles. The summed E-state index contributed by atoms with van der Waals surface area (Å²) in [5, 5.41) is 11.9. The lowest BCUT2D eigenvalue weighted by Gasteiger charge is -2.51. The Kier molecular flexibility index (Phi) is 7.58. The van der Waals surface area contributed by atoms with E-state index in [0.717, 1.165) is 32.2 Å². The molecular weight excluding hydrogens is 635 g/mol. The van der Waals surface area contributed by atoms with Gasteiger partial charge in [-0.15, -0.1) is 0 Å². The number of rotatable bonds is 5. The molecular formula is C37H40F3N5O4. The van der Waals surface area contributed by atoms with Crippen LogP contribution in [0, 0.1) is 11.6 Å². The fourth-order valence-corrected chi connectivity index (χ4v) is 8.47. The fourth-order valence-electron chi connectivity index (χ4n) is 8.47. The number of hydrogen-bond donors (Lipinski definition) is 1. The second-order valence-corrected chi connectivity index (χ2v) is 15.0. The molecule has 9 rings (SSSR count). The summed E-state index contributed by atoms with van der Waals surface area (Å²) < 4.78 is 59.7. The van der Waals surface area contributed by atoms with Crippen LogP contribution in [0.3, 0.4) is 0 Å². The third kappa shape index (κ3) is 5.57. The van der Waals surface area contributed by atoms with Gasteiger partial charge in [-0.25, -0.2) is 18.0 Å². The zero-order valence-corrected chi connectivity index (χ0v) is 27.9. The van der Waals surface area contributed by atoms with Crippen LogP contribution in [0.25, 0.3) is 32.8 Å². The third-order valence-corrected chi connectivity index (χ3v) is 10.6. The van der Waals surface area contributed by atoms with Crippen molar-refractivity contribution in [1.82, 2.24) is 19.8 Å². The molecule has 0 spiro atoms. The largest absolute Gasteiger partial charge is 0.508 e. The highest BCUT2D eigenvalue weighted by atomic mass is 19.1. The molecule has 258 valence electrons. The molecule has 12 heteroatoms. The van der Waals surface area contributed by atoms with Crippen molar-refractivity contribution >= 4 is 33.6 Å². The summed E-state index contributed by atoms with van der Waals surface area (Å²) >= 11 is 0. The van der Waals surface area contributed by atoms with Gasteiger partial charge in [0.15, 0.2) is 5.82 Å². The summed E-state index contributed by atoms with van der Waals surface area (Å²) in [6.07, 6.45) is 2.22. The van der Waals surface area contributed by atoms with Gasteiger partial charge < -0.3 is 24.4 Å². The van der Waals surface area contributed by atoms with Crippen LogP contribution in [0.2, 0.25) is 0 Å². The van der Waals surface area contributed by atoms with Gasteiger partial charge in [0.25, 0.3) is 0 Å². The number of piperazine rings is 1. The lowest BCUT2D eigenvalue weighted by atomic mass is 9.90. The highest BCUT2D eigenvalue weighted by molar-refractivity contribution is 6.01. The van der Waals surface area contributed by atoms with Gasteiger partial charge >= 0.3 is 12.1 Å². The molecule has 5 fully saturated rings. The van der Waals surface area contributed by atoms with Crippen molar-refractivity contribution in [2.24, 2.45) is 0 Å². The number of halogens is 3. The van der Waals surface area contributed by atoms with E-state index in [4.69, 9.17) is 14.5 Å². The number of nitrogens with zero attached hydrogens (tertiary/aromatic N) is 5. The Hall–Kier alpha value is -4.32. The van der Waals surface area contributed by atoms with Crippen molar-refractivity contribution in [1.29, 1.82) is 0 Å². The molecule has 1 aromatic heterocycles. The number of carbonyl (C=O) groups excluding carboxylic acids is 1. The second-order valence-electron chi connectivity index (χ2n) is 15.0. The van der Waals surface area contributed by atoms with Crippen LogP contribution in [-0.4, -0.2) is 93.1 Å². The highest BCUT2D eigenvalue weighted by Crippen LogP contribution is 2.43. The third-order valence-electron chi connectivity index (χ3n) is 10.6. The Morgan fingerprint density at radius 3 is 2.61 bits per heavy atom. The first-order valence-electron chi connectivity index (χ1n) is 17.1. The highest BCUT2D eigenvalue weighted by Gasteiger charge is 2.50. The smallest absolute Gasteiger partial charge is 0.410 e. The van der Waals surface area contributed by atoms with Crippen LogP contribution in [0.15, 0.2) is 42.5 Å². The van der Waals surface area contributed by atoms with Crippen LogP contribution in [0.4, 0.5) is 23.8 Å². The SMILES string of the molecule is CC(C)(C)OC(=O)N1C[C@@H]2CCC1CN2c1nc(OC[C@@]23CCCN2C[C@H](F)C3)nc2c(F)c(-c3cc(O)cc4ccccc34)c(F)cc12. The van der Waals surface area contributed by atoms with E-state index in [1.54, 1.807) is 35.2 Å². The molecule has 5 aliphatic heterocycles. The molecule has 9 nitrogen and oxygen atoms in total. The summed E-state index contributed by atoms with van der Waals surface area (Å²) in [7, 11) is 0. The molecule has 1 N–H and O–H groups in total. The number of phenolic OH excluding ortho intramolecular Hbond substituents is 1. The molecule has 5 saturated heterocycles. The van der Waals surface area contributed by atoms with Gasteiger partial charge in [0.2, 0.25) is 0 Å².